The van der Waals surface area contributed by atoms with E-state index in [1.165, 1.54) is 0 Å². The number of thiazole rings is 1. The molecule has 0 spiro atoms. The minimum Gasteiger partial charge on any atom is -0.444 e. The standard InChI is InChI=1S/C30H42N2O3SSi/c1-29(2,3)34-28(33)32(22-24-17-13-10-14-18-24)25(21-23-15-11-9-12-16-23)26(27-31-19-20-36-27)35-37(7,8)30(4,5)6/h9-20,25-26H,21-22H2,1-8H3/t25-,26+/m0/s1. The van der Waals surface area contributed by atoms with Crippen molar-refractivity contribution in [2.45, 2.75) is 90.4 Å². The molecule has 0 aliphatic carbocycles. The number of aromatic nitrogens is 1. The highest BCUT2D eigenvalue weighted by atomic mass is 32.1. The van der Waals surface area contributed by atoms with E-state index in [0.717, 1.165) is 16.1 Å². The molecule has 0 aliphatic heterocycles. The number of hydrogen-bond acceptors (Lipinski definition) is 5. The van der Waals surface area contributed by atoms with Crippen LogP contribution in [-0.2, 0) is 22.1 Å². The van der Waals surface area contributed by atoms with Crippen molar-refractivity contribution < 1.29 is 14.0 Å². The zero-order chi connectivity index (χ0) is 27.3. The van der Waals surface area contributed by atoms with Gasteiger partial charge in [-0.3, -0.25) is 4.90 Å². The van der Waals surface area contributed by atoms with Crippen molar-refractivity contribution in [1.82, 2.24) is 9.88 Å². The van der Waals surface area contributed by atoms with Crippen LogP contribution in [-0.4, -0.2) is 35.9 Å². The number of benzene rings is 2. The molecule has 0 N–H and O–H groups in total. The normalized spacial score (nSPS) is 14.2. The predicted octanol–water partition coefficient (Wildman–Crippen LogP) is 8.25. The van der Waals surface area contributed by atoms with Gasteiger partial charge >= 0.3 is 6.09 Å². The molecule has 0 saturated carbocycles. The molecule has 0 fully saturated rings. The molecule has 2 aromatic carbocycles. The van der Waals surface area contributed by atoms with Crippen LogP contribution >= 0.6 is 11.3 Å². The van der Waals surface area contributed by atoms with Crippen molar-refractivity contribution >= 4 is 25.7 Å². The first-order valence-corrected chi connectivity index (χ1v) is 16.7. The van der Waals surface area contributed by atoms with Crippen LogP contribution in [0.2, 0.25) is 18.1 Å². The largest absolute Gasteiger partial charge is 0.444 e. The van der Waals surface area contributed by atoms with E-state index in [1.807, 2.05) is 85.8 Å². The molecular weight excluding hydrogens is 496 g/mol. The summed E-state index contributed by atoms with van der Waals surface area (Å²) in [5.74, 6) is 0. The summed E-state index contributed by atoms with van der Waals surface area (Å²) in [6.45, 7) is 17.3. The molecule has 0 radical (unpaired) electrons. The Morgan fingerprint density at radius 3 is 2.00 bits per heavy atom. The summed E-state index contributed by atoms with van der Waals surface area (Å²) >= 11 is 1.58. The van der Waals surface area contributed by atoms with Crippen LogP contribution in [0.1, 0.15) is 63.8 Å². The van der Waals surface area contributed by atoms with Gasteiger partial charge in [0.25, 0.3) is 0 Å². The molecule has 1 amide bonds. The lowest BCUT2D eigenvalue weighted by Gasteiger charge is -2.43. The van der Waals surface area contributed by atoms with Gasteiger partial charge in [0.2, 0.25) is 0 Å². The van der Waals surface area contributed by atoms with Crippen LogP contribution in [0.5, 0.6) is 0 Å². The molecule has 0 aliphatic rings. The first kappa shape index (κ1) is 29.1. The number of carbonyl (C=O) groups is 1. The summed E-state index contributed by atoms with van der Waals surface area (Å²) in [7, 11) is -2.24. The lowest BCUT2D eigenvalue weighted by Crippen LogP contribution is -2.51. The molecule has 3 aromatic rings. The summed E-state index contributed by atoms with van der Waals surface area (Å²) in [4.78, 5) is 20.4. The number of nitrogens with zero attached hydrogens (tertiary/aromatic N) is 2. The lowest BCUT2D eigenvalue weighted by molar-refractivity contribution is -0.00680. The number of ether oxygens (including phenoxy) is 1. The minimum absolute atomic E-state index is 0.00398. The lowest BCUT2D eigenvalue weighted by atomic mass is 9.99. The minimum atomic E-state index is -2.24. The molecule has 3 rings (SSSR count). The zero-order valence-corrected chi connectivity index (χ0v) is 25.3. The van der Waals surface area contributed by atoms with Gasteiger partial charge < -0.3 is 9.16 Å². The fourth-order valence-electron chi connectivity index (χ4n) is 3.82. The van der Waals surface area contributed by atoms with Gasteiger partial charge in [0.1, 0.15) is 16.7 Å². The third-order valence-corrected chi connectivity index (χ3v) is 12.1. The van der Waals surface area contributed by atoms with Crippen LogP contribution in [0, 0.1) is 0 Å². The van der Waals surface area contributed by atoms with Gasteiger partial charge in [0, 0.05) is 18.1 Å². The maximum Gasteiger partial charge on any atom is 0.410 e. The Morgan fingerprint density at radius 1 is 0.946 bits per heavy atom. The Labute approximate surface area is 228 Å². The highest BCUT2D eigenvalue weighted by molar-refractivity contribution is 7.09. The van der Waals surface area contributed by atoms with E-state index < -0.39 is 20.0 Å². The van der Waals surface area contributed by atoms with Gasteiger partial charge in [-0.25, -0.2) is 9.78 Å². The van der Waals surface area contributed by atoms with E-state index in [4.69, 9.17) is 14.1 Å². The molecule has 2 atom stereocenters. The van der Waals surface area contributed by atoms with Crippen molar-refractivity contribution in [3.8, 4) is 0 Å². The molecule has 0 unspecified atom stereocenters. The Balaban J connectivity index is 2.15. The van der Waals surface area contributed by atoms with Gasteiger partial charge in [-0.2, -0.15) is 0 Å². The molecule has 1 heterocycles. The van der Waals surface area contributed by atoms with E-state index in [2.05, 4.69) is 46.0 Å². The van der Waals surface area contributed by atoms with Crippen molar-refractivity contribution in [2.75, 3.05) is 0 Å². The average molecular weight is 539 g/mol. The quantitative estimate of drug-likeness (QED) is 0.257. The van der Waals surface area contributed by atoms with Crippen LogP contribution in [0.3, 0.4) is 0 Å². The average Bonchev–Trinajstić information content (AvgIpc) is 3.34. The second kappa shape index (κ2) is 11.9. The van der Waals surface area contributed by atoms with Gasteiger partial charge in [0.15, 0.2) is 8.32 Å². The number of hydrogen-bond donors (Lipinski definition) is 0. The van der Waals surface area contributed by atoms with Crippen molar-refractivity contribution in [1.29, 1.82) is 0 Å². The summed E-state index contributed by atoms with van der Waals surface area (Å²) in [6, 6.07) is 20.1. The van der Waals surface area contributed by atoms with Gasteiger partial charge in [-0.1, -0.05) is 81.4 Å². The molecule has 200 valence electrons. The smallest absolute Gasteiger partial charge is 0.410 e. The van der Waals surface area contributed by atoms with E-state index >= 15 is 0 Å². The second-order valence-electron chi connectivity index (χ2n) is 12.0. The van der Waals surface area contributed by atoms with Crippen LogP contribution in [0.25, 0.3) is 0 Å². The van der Waals surface area contributed by atoms with Gasteiger partial charge in [0.05, 0.1) is 6.04 Å². The SMILES string of the molecule is CC(C)(C)OC(=O)N(Cc1ccccc1)[C@@H](Cc1ccccc1)[C@@H](O[Si](C)(C)C(C)(C)C)c1nccs1. The molecule has 0 bridgehead atoms. The zero-order valence-electron chi connectivity index (χ0n) is 23.5. The Bertz CT molecular complexity index is 1110. The molecule has 37 heavy (non-hydrogen) atoms. The second-order valence-corrected chi connectivity index (χ2v) is 17.7. The highest BCUT2D eigenvalue weighted by Gasteiger charge is 2.44. The third kappa shape index (κ3) is 8.25. The van der Waals surface area contributed by atoms with Gasteiger partial charge in [-0.15, -0.1) is 11.3 Å². The summed E-state index contributed by atoms with van der Waals surface area (Å²) in [6.07, 6.45) is 1.69. The monoisotopic (exact) mass is 538 g/mol. The van der Waals surface area contributed by atoms with E-state index in [1.54, 1.807) is 11.3 Å². The fourth-order valence-corrected chi connectivity index (χ4v) is 5.88. The summed E-state index contributed by atoms with van der Waals surface area (Å²) in [5.41, 5.74) is 1.55. The number of rotatable bonds is 9. The Morgan fingerprint density at radius 2 is 1.51 bits per heavy atom. The highest BCUT2D eigenvalue weighted by Crippen LogP contribution is 2.42. The predicted molar refractivity (Wildman–Crippen MR) is 155 cm³/mol. The van der Waals surface area contributed by atoms with Crippen LogP contribution in [0.4, 0.5) is 4.79 Å². The number of carbonyl (C=O) groups excluding carboxylic acids is 1. The fraction of sp³-hybridized carbons (Fsp3) is 0.467. The van der Waals surface area contributed by atoms with Crippen molar-refractivity contribution in [3.63, 3.8) is 0 Å². The molecule has 5 nitrogen and oxygen atoms in total. The van der Waals surface area contributed by atoms with Crippen molar-refractivity contribution in [3.05, 3.63) is 88.4 Å². The first-order chi connectivity index (χ1) is 17.3. The molecule has 0 saturated heterocycles. The first-order valence-electron chi connectivity index (χ1n) is 12.9. The topological polar surface area (TPSA) is 51.7 Å². The molecular formula is C30H42N2O3SSi. The molecule has 7 heteroatoms. The Kier molecular flexibility index (Phi) is 9.37. The van der Waals surface area contributed by atoms with Crippen molar-refractivity contribution in [2.24, 2.45) is 0 Å². The third-order valence-electron chi connectivity index (χ3n) is 6.78. The summed E-state index contributed by atoms with van der Waals surface area (Å²) < 4.78 is 13.1. The molecule has 1 aromatic heterocycles. The number of amides is 1. The Hall–Kier alpha value is -2.48. The van der Waals surface area contributed by atoms with E-state index in [-0.39, 0.29) is 17.2 Å². The maximum atomic E-state index is 13.9. The van der Waals surface area contributed by atoms with Crippen LogP contribution < -0.4 is 0 Å². The van der Waals surface area contributed by atoms with Crippen LogP contribution in [0.15, 0.2) is 72.2 Å². The van der Waals surface area contributed by atoms with E-state index in [0.29, 0.717) is 13.0 Å². The summed E-state index contributed by atoms with van der Waals surface area (Å²) in [5, 5.41) is 2.86. The maximum absolute atomic E-state index is 13.9. The van der Waals surface area contributed by atoms with Gasteiger partial charge in [-0.05, 0) is 56.5 Å². The van der Waals surface area contributed by atoms with E-state index in [9.17, 15) is 4.79 Å².